The van der Waals surface area contributed by atoms with Gasteiger partial charge < -0.3 is 19.1 Å². The second-order valence-corrected chi connectivity index (χ2v) is 6.33. The third-order valence-corrected chi connectivity index (χ3v) is 4.44. The molecule has 0 bridgehead atoms. The van der Waals surface area contributed by atoms with Gasteiger partial charge in [0.25, 0.3) is 0 Å². The number of anilines is 1. The highest BCUT2D eigenvalue weighted by Gasteiger charge is 2.25. The first-order valence-electron chi connectivity index (χ1n) is 8.75. The molecule has 2 aliphatic rings. The highest BCUT2D eigenvalue weighted by Crippen LogP contribution is 2.33. The van der Waals surface area contributed by atoms with E-state index >= 15 is 0 Å². The molecule has 2 heterocycles. The van der Waals surface area contributed by atoms with Gasteiger partial charge in [0.2, 0.25) is 12.7 Å². The van der Waals surface area contributed by atoms with Crippen molar-refractivity contribution in [3.63, 3.8) is 0 Å². The SMILES string of the molecule is CN(CCC#N)c1ccc(/C=C2\N=C(c3ccc4c(c3)OCO4)OC2=O)cc1. The fourth-order valence-electron chi connectivity index (χ4n) is 2.89. The molecule has 7 nitrogen and oxygen atoms in total. The van der Waals surface area contributed by atoms with Gasteiger partial charge in [-0.2, -0.15) is 5.26 Å². The Morgan fingerprint density at radius 1 is 1.18 bits per heavy atom. The van der Waals surface area contributed by atoms with E-state index in [1.807, 2.05) is 36.2 Å². The van der Waals surface area contributed by atoms with Gasteiger partial charge in [-0.1, -0.05) is 12.1 Å². The molecule has 2 aliphatic heterocycles. The molecule has 0 saturated carbocycles. The maximum Gasteiger partial charge on any atom is 0.363 e. The van der Waals surface area contributed by atoms with E-state index in [-0.39, 0.29) is 18.4 Å². The van der Waals surface area contributed by atoms with Gasteiger partial charge in [-0.15, -0.1) is 0 Å². The Kier molecular flexibility index (Phi) is 4.68. The monoisotopic (exact) mass is 375 g/mol. The summed E-state index contributed by atoms with van der Waals surface area (Å²) < 4.78 is 15.9. The van der Waals surface area contributed by atoms with Crippen LogP contribution in [0.3, 0.4) is 0 Å². The lowest BCUT2D eigenvalue weighted by Crippen LogP contribution is -2.17. The molecule has 0 saturated heterocycles. The van der Waals surface area contributed by atoms with E-state index in [9.17, 15) is 4.79 Å². The van der Waals surface area contributed by atoms with Gasteiger partial charge in [-0.25, -0.2) is 9.79 Å². The summed E-state index contributed by atoms with van der Waals surface area (Å²) in [5.41, 5.74) is 2.71. The van der Waals surface area contributed by atoms with E-state index in [1.54, 1.807) is 24.3 Å². The molecule has 2 aromatic rings. The fraction of sp³-hybridized carbons (Fsp3) is 0.190. The molecule has 0 amide bonds. The zero-order valence-electron chi connectivity index (χ0n) is 15.2. The second-order valence-electron chi connectivity index (χ2n) is 6.33. The minimum atomic E-state index is -0.497. The predicted octanol–water partition coefficient (Wildman–Crippen LogP) is 3.11. The average molecular weight is 375 g/mol. The maximum atomic E-state index is 12.2. The molecule has 4 rings (SSSR count). The van der Waals surface area contributed by atoms with E-state index in [2.05, 4.69) is 11.1 Å². The molecule has 140 valence electrons. The molecular formula is C21H17N3O4. The summed E-state index contributed by atoms with van der Waals surface area (Å²) >= 11 is 0. The first-order valence-corrected chi connectivity index (χ1v) is 8.75. The first kappa shape index (κ1) is 17.6. The van der Waals surface area contributed by atoms with Crippen LogP contribution in [0.15, 0.2) is 53.2 Å². The van der Waals surface area contributed by atoms with Crippen molar-refractivity contribution in [1.29, 1.82) is 5.26 Å². The Labute approximate surface area is 162 Å². The van der Waals surface area contributed by atoms with Crippen molar-refractivity contribution in [3.05, 3.63) is 59.3 Å². The van der Waals surface area contributed by atoms with E-state index in [4.69, 9.17) is 19.5 Å². The van der Waals surface area contributed by atoms with Crippen molar-refractivity contribution in [3.8, 4) is 17.6 Å². The fourth-order valence-corrected chi connectivity index (χ4v) is 2.89. The summed E-state index contributed by atoms with van der Waals surface area (Å²) in [6, 6.07) is 15.1. The zero-order chi connectivity index (χ0) is 19.5. The van der Waals surface area contributed by atoms with Crippen LogP contribution in [0.1, 0.15) is 17.5 Å². The molecule has 7 heteroatoms. The summed E-state index contributed by atoms with van der Waals surface area (Å²) in [6.45, 7) is 0.838. The number of fused-ring (bicyclic) bond motifs is 1. The average Bonchev–Trinajstić information content (AvgIpc) is 3.32. The van der Waals surface area contributed by atoms with E-state index in [0.717, 1.165) is 11.3 Å². The number of benzene rings is 2. The van der Waals surface area contributed by atoms with Crippen molar-refractivity contribution in [2.75, 3.05) is 25.3 Å². The van der Waals surface area contributed by atoms with Gasteiger partial charge >= 0.3 is 5.97 Å². The van der Waals surface area contributed by atoms with Crippen LogP contribution >= 0.6 is 0 Å². The van der Waals surface area contributed by atoms with Crippen LogP contribution in [0.2, 0.25) is 0 Å². The molecule has 28 heavy (non-hydrogen) atoms. The molecule has 0 unspecified atom stereocenters. The number of ether oxygens (including phenoxy) is 3. The van der Waals surface area contributed by atoms with Crippen LogP contribution in [0, 0.1) is 11.3 Å². The predicted molar refractivity (Wildman–Crippen MR) is 103 cm³/mol. The number of nitrogens with zero attached hydrogens (tertiary/aromatic N) is 3. The van der Waals surface area contributed by atoms with Crippen molar-refractivity contribution in [2.24, 2.45) is 4.99 Å². The third kappa shape index (κ3) is 3.53. The van der Waals surface area contributed by atoms with Gasteiger partial charge in [0.05, 0.1) is 12.5 Å². The highest BCUT2D eigenvalue weighted by atomic mass is 16.7. The summed E-state index contributed by atoms with van der Waals surface area (Å²) in [5.74, 6) is 0.999. The summed E-state index contributed by atoms with van der Waals surface area (Å²) in [6.07, 6.45) is 2.15. The Morgan fingerprint density at radius 2 is 1.96 bits per heavy atom. The van der Waals surface area contributed by atoms with Gasteiger partial charge in [0.15, 0.2) is 17.2 Å². The number of nitriles is 1. The van der Waals surface area contributed by atoms with Crippen molar-refractivity contribution in [2.45, 2.75) is 6.42 Å². The lowest BCUT2D eigenvalue weighted by Gasteiger charge is -2.17. The number of hydrogen-bond donors (Lipinski definition) is 0. The molecule has 0 N–H and O–H groups in total. The van der Waals surface area contributed by atoms with Gasteiger partial charge in [0.1, 0.15) is 0 Å². The van der Waals surface area contributed by atoms with Crippen molar-refractivity contribution < 1.29 is 19.0 Å². The van der Waals surface area contributed by atoms with Crippen molar-refractivity contribution >= 4 is 23.6 Å². The van der Waals surface area contributed by atoms with Crippen LogP contribution in [-0.2, 0) is 9.53 Å². The van der Waals surface area contributed by atoms with Gasteiger partial charge in [-0.3, -0.25) is 0 Å². The number of aliphatic imine (C=N–C) groups is 1. The van der Waals surface area contributed by atoms with Crippen LogP contribution in [0.4, 0.5) is 5.69 Å². The molecule has 0 fully saturated rings. The number of hydrogen-bond acceptors (Lipinski definition) is 7. The third-order valence-electron chi connectivity index (χ3n) is 4.44. The molecular weight excluding hydrogens is 358 g/mol. The van der Waals surface area contributed by atoms with E-state index < -0.39 is 5.97 Å². The number of rotatable bonds is 5. The number of carbonyl (C=O) groups excluding carboxylic acids is 1. The second kappa shape index (κ2) is 7.45. The van der Waals surface area contributed by atoms with Gasteiger partial charge in [-0.05, 0) is 42.0 Å². The van der Waals surface area contributed by atoms with Gasteiger partial charge in [0, 0.05) is 24.8 Å². The molecule has 0 atom stereocenters. The normalized spacial score (nSPS) is 15.9. The van der Waals surface area contributed by atoms with Crippen LogP contribution in [-0.4, -0.2) is 32.3 Å². The number of carbonyl (C=O) groups is 1. The summed E-state index contributed by atoms with van der Waals surface area (Å²) in [4.78, 5) is 18.5. The largest absolute Gasteiger partial charge is 0.454 e. The molecule has 0 radical (unpaired) electrons. The lowest BCUT2D eigenvalue weighted by atomic mass is 10.1. The minimum Gasteiger partial charge on any atom is -0.454 e. The Bertz CT molecular complexity index is 1020. The Morgan fingerprint density at radius 3 is 2.75 bits per heavy atom. The number of esters is 1. The molecule has 0 spiro atoms. The molecule has 2 aromatic carbocycles. The minimum absolute atomic E-state index is 0.178. The van der Waals surface area contributed by atoms with Crippen molar-refractivity contribution in [1.82, 2.24) is 0 Å². The Balaban J connectivity index is 1.53. The first-order chi connectivity index (χ1) is 13.6. The maximum absolute atomic E-state index is 12.2. The molecule has 0 aromatic heterocycles. The highest BCUT2D eigenvalue weighted by molar-refractivity contribution is 6.13. The zero-order valence-corrected chi connectivity index (χ0v) is 15.2. The van der Waals surface area contributed by atoms with E-state index in [0.29, 0.717) is 30.0 Å². The quantitative estimate of drug-likeness (QED) is 0.590. The van der Waals surface area contributed by atoms with Crippen LogP contribution < -0.4 is 14.4 Å². The smallest absolute Gasteiger partial charge is 0.363 e. The molecule has 0 aliphatic carbocycles. The lowest BCUT2D eigenvalue weighted by molar-refractivity contribution is -0.129. The van der Waals surface area contributed by atoms with Crippen LogP contribution in [0.5, 0.6) is 11.5 Å². The number of cyclic esters (lactones) is 1. The topological polar surface area (TPSA) is 84.2 Å². The van der Waals surface area contributed by atoms with Crippen LogP contribution in [0.25, 0.3) is 6.08 Å². The summed E-state index contributed by atoms with van der Waals surface area (Å²) in [7, 11) is 1.93. The standard InChI is InChI=1S/C21H17N3O4/c1-24(10-2-9-22)16-6-3-14(4-7-16)11-17-21(25)28-20(23-17)15-5-8-18-19(12-15)27-13-26-18/h3-8,11-12H,2,10,13H2,1H3/b17-11-. The van der Waals surface area contributed by atoms with E-state index in [1.165, 1.54) is 0 Å². The Hall–Kier alpha value is -3.79. The summed E-state index contributed by atoms with van der Waals surface area (Å²) in [5, 5.41) is 8.69.